The van der Waals surface area contributed by atoms with Gasteiger partial charge in [-0.05, 0) is 24.6 Å². The summed E-state index contributed by atoms with van der Waals surface area (Å²) in [7, 11) is 0. The number of hydrogen-bond acceptors (Lipinski definition) is 4. The van der Waals surface area contributed by atoms with Gasteiger partial charge in [0.25, 0.3) is 0 Å². The monoisotopic (exact) mass is 278 g/mol. The number of H-pyrrole nitrogens is 1. The summed E-state index contributed by atoms with van der Waals surface area (Å²) in [6.07, 6.45) is 4.37. The Morgan fingerprint density at radius 3 is 3.11 bits per heavy atom. The van der Waals surface area contributed by atoms with Crippen molar-refractivity contribution in [1.29, 1.82) is 0 Å². The molecule has 1 aromatic carbocycles. The van der Waals surface area contributed by atoms with Crippen LogP contribution in [0.25, 0.3) is 0 Å². The summed E-state index contributed by atoms with van der Waals surface area (Å²) >= 11 is 1.63. The van der Waals surface area contributed by atoms with E-state index in [1.165, 1.54) is 6.07 Å². The second-order valence-corrected chi connectivity index (χ2v) is 4.86. The largest absolute Gasteiger partial charge is 0.494 e. The van der Waals surface area contributed by atoms with Crippen LogP contribution in [0.2, 0.25) is 0 Å². The van der Waals surface area contributed by atoms with Crippen molar-refractivity contribution in [3.63, 3.8) is 0 Å². The molecule has 0 aliphatic carbocycles. The van der Waals surface area contributed by atoms with Crippen molar-refractivity contribution in [3.8, 4) is 5.75 Å². The van der Waals surface area contributed by atoms with Gasteiger partial charge in [0.2, 0.25) is 0 Å². The third-order valence-electron chi connectivity index (χ3n) is 2.35. The molecule has 0 aliphatic heterocycles. The molecule has 2 N–H and O–H groups in total. The number of nitrogens with one attached hydrogen (secondary N) is 1. The predicted molar refractivity (Wildman–Crippen MR) is 72.8 cm³/mol. The molecule has 19 heavy (non-hydrogen) atoms. The number of aromatic nitrogens is 2. The molecule has 0 fully saturated rings. The quantitative estimate of drug-likeness (QED) is 0.601. The van der Waals surface area contributed by atoms with E-state index in [0.717, 1.165) is 17.3 Å². The fourth-order valence-corrected chi connectivity index (χ4v) is 2.21. The zero-order valence-electron chi connectivity index (χ0n) is 10.2. The van der Waals surface area contributed by atoms with Crippen molar-refractivity contribution in [1.82, 2.24) is 9.97 Å². The van der Waals surface area contributed by atoms with E-state index in [1.54, 1.807) is 42.4 Å². The molecule has 0 amide bonds. The molecule has 0 saturated heterocycles. The zero-order chi connectivity index (χ0) is 13.5. The first kappa shape index (κ1) is 13.5. The fourth-order valence-electron chi connectivity index (χ4n) is 1.47. The SMILES string of the molecule is O=C(O)c1cccc(OCCCSc2ncc[nH]2)c1. The Bertz CT molecular complexity index is 528. The molecular weight excluding hydrogens is 264 g/mol. The van der Waals surface area contributed by atoms with Crippen LogP contribution < -0.4 is 4.74 Å². The Hall–Kier alpha value is -1.95. The maximum Gasteiger partial charge on any atom is 0.335 e. The second-order valence-electron chi connectivity index (χ2n) is 3.78. The van der Waals surface area contributed by atoms with Gasteiger partial charge in [0, 0.05) is 18.1 Å². The van der Waals surface area contributed by atoms with E-state index in [4.69, 9.17) is 9.84 Å². The highest BCUT2D eigenvalue weighted by atomic mass is 32.2. The van der Waals surface area contributed by atoms with Crippen molar-refractivity contribution in [2.45, 2.75) is 11.6 Å². The number of aromatic carboxylic acids is 1. The van der Waals surface area contributed by atoms with Crippen molar-refractivity contribution < 1.29 is 14.6 Å². The van der Waals surface area contributed by atoms with Crippen molar-refractivity contribution >= 4 is 17.7 Å². The van der Waals surface area contributed by atoms with Gasteiger partial charge in [-0.3, -0.25) is 0 Å². The number of benzene rings is 1. The van der Waals surface area contributed by atoms with Gasteiger partial charge in [-0.2, -0.15) is 0 Å². The smallest absolute Gasteiger partial charge is 0.335 e. The summed E-state index contributed by atoms with van der Waals surface area (Å²) in [5, 5.41) is 9.75. The number of aromatic amines is 1. The number of carboxylic acid groups (broad SMARTS) is 1. The normalized spacial score (nSPS) is 10.3. The van der Waals surface area contributed by atoms with Gasteiger partial charge < -0.3 is 14.8 Å². The molecule has 0 saturated carbocycles. The van der Waals surface area contributed by atoms with Crippen LogP contribution in [0, 0.1) is 0 Å². The highest BCUT2D eigenvalue weighted by Crippen LogP contribution is 2.15. The second kappa shape index (κ2) is 6.84. The molecule has 2 aromatic rings. The van der Waals surface area contributed by atoms with Gasteiger partial charge in [-0.15, -0.1) is 0 Å². The van der Waals surface area contributed by atoms with Crippen LogP contribution in [0.3, 0.4) is 0 Å². The molecule has 0 spiro atoms. The number of carboxylic acids is 1. The molecule has 0 unspecified atom stereocenters. The molecule has 6 heteroatoms. The van der Waals surface area contributed by atoms with Crippen LogP contribution in [-0.4, -0.2) is 33.4 Å². The summed E-state index contributed by atoms with van der Waals surface area (Å²) in [5.41, 5.74) is 0.238. The van der Waals surface area contributed by atoms with E-state index < -0.39 is 5.97 Å². The third-order valence-corrected chi connectivity index (χ3v) is 3.34. The maximum absolute atomic E-state index is 10.8. The van der Waals surface area contributed by atoms with E-state index in [0.29, 0.717) is 12.4 Å². The van der Waals surface area contributed by atoms with Crippen LogP contribution in [0.1, 0.15) is 16.8 Å². The molecule has 2 rings (SSSR count). The lowest BCUT2D eigenvalue weighted by molar-refractivity contribution is 0.0696. The lowest BCUT2D eigenvalue weighted by Crippen LogP contribution is -2.01. The van der Waals surface area contributed by atoms with Gasteiger partial charge in [-0.1, -0.05) is 17.8 Å². The third kappa shape index (κ3) is 4.33. The Morgan fingerprint density at radius 1 is 1.47 bits per heavy atom. The van der Waals surface area contributed by atoms with Gasteiger partial charge in [0.05, 0.1) is 12.2 Å². The Labute approximate surface area is 115 Å². The van der Waals surface area contributed by atoms with Crippen molar-refractivity contribution in [3.05, 3.63) is 42.2 Å². The first-order valence-electron chi connectivity index (χ1n) is 5.84. The zero-order valence-corrected chi connectivity index (χ0v) is 11.0. The minimum absolute atomic E-state index is 0.238. The van der Waals surface area contributed by atoms with Gasteiger partial charge in [-0.25, -0.2) is 9.78 Å². The highest BCUT2D eigenvalue weighted by Gasteiger charge is 2.03. The minimum Gasteiger partial charge on any atom is -0.494 e. The maximum atomic E-state index is 10.8. The molecule has 0 atom stereocenters. The van der Waals surface area contributed by atoms with Crippen LogP contribution in [0.15, 0.2) is 41.8 Å². The number of ether oxygens (including phenoxy) is 1. The van der Waals surface area contributed by atoms with Crippen LogP contribution in [-0.2, 0) is 0 Å². The Morgan fingerprint density at radius 2 is 2.37 bits per heavy atom. The number of nitrogens with zero attached hydrogens (tertiary/aromatic N) is 1. The van der Waals surface area contributed by atoms with E-state index in [-0.39, 0.29) is 5.56 Å². The highest BCUT2D eigenvalue weighted by molar-refractivity contribution is 7.99. The van der Waals surface area contributed by atoms with Gasteiger partial charge in [0.1, 0.15) is 5.75 Å². The Kier molecular flexibility index (Phi) is 4.85. The fraction of sp³-hybridized carbons (Fsp3) is 0.231. The summed E-state index contributed by atoms with van der Waals surface area (Å²) in [6.45, 7) is 0.552. The Balaban J connectivity index is 1.70. The average Bonchev–Trinajstić information content (AvgIpc) is 2.92. The minimum atomic E-state index is -0.946. The summed E-state index contributed by atoms with van der Waals surface area (Å²) in [6, 6.07) is 6.51. The number of imidazole rings is 1. The molecule has 0 bridgehead atoms. The molecule has 1 heterocycles. The molecule has 0 radical (unpaired) electrons. The van der Waals surface area contributed by atoms with E-state index in [1.807, 2.05) is 0 Å². The first-order chi connectivity index (χ1) is 9.25. The number of carbonyl (C=O) groups is 1. The summed E-state index contributed by atoms with van der Waals surface area (Å²) in [5.74, 6) is 0.535. The molecule has 100 valence electrons. The van der Waals surface area contributed by atoms with E-state index in [2.05, 4.69) is 9.97 Å². The lowest BCUT2D eigenvalue weighted by Gasteiger charge is -2.06. The number of thioether (sulfide) groups is 1. The van der Waals surface area contributed by atoms with Crippen molar-refractivity contribution in [2.75, 3.05) is 12.4 Å². The van der Waals surface area contributed by atoms with Crippen LogP contribution in [0.5, 0.6) is 5.75 Å². The number of hydrogen-bond donors (Lipinski definition) is 2. The lowest BCUT2D eigenvalue weighted by atomic mass is 10.2. The van der Waals surface area contributed by atoms with Crippen molar-refractivity contribution in [2.24, 2.45) is 0 Å². The van der Waals surface area contributed by atoms with Crippen LogP contribution >= 0.6 is 11.8 Å². The number of rotatable bonds is 7. The standard InChI is InChI=1S/C13H14N2O3S/c16-12(17)10-3-1-4-11(9-10)18-7-2-8-19-13-14-5-6-15-13/h1,3-6,9H,2,7-8H2,(H,14,15)(H,16,17). The molecular formula is C13H14N2O3S. The average molecular weight is 278 g/mol. The molecule has 5 nitrogen and oxygen atoms in total. The molecule has 0 aliphatic rings. The van der Waals surface area contributed by atoms with E-state index >= 15 is 0 Å². The van der Waals surface area contributed by atoms with Crippen LogP contribution in [0.4, 0.5) is 0 Å². The van der Waals surface area contributed by atoms with E-state index in [9.17, 15) is 4.79 Å². The topological polar surface area (TPSA) is 75.2 Å². The van der Waals surface area contributed by atoms with Gasteiger partial charge in [0.15, 0.2) is 5.16 Å². The molecule has 1 aromatic heterocycles. The predicted octanol–water partition coefficient (Wildman–Crippen LogP) is 2.67. The first-order valence-corrected chi connectivity index (χ1v) is 6.82. The summed E-state index contributed by atoms with van der Waals surface area (Å²) < 4.78 is 5.51. The summed E-state index contributed by atoms with van der Waals surface area (Å²) in [4.78, 5) is 17.9. The van der Waals surface area contributed by atoms with Gasteiger partial charge >= 0.3 is 5.97 Å².